The second-order valence-electron chi connectivity index (χ2n) is 25.8. The zero-order valence-electron chi connectivity index (χ0n) is 56.1. The van der Waals surface area contributed by atoms with Gasteiger partial charge < -0.3 is 60.7 Å². The number of rotatable bonds is 15. The van der Waals surface area contributed by atoms with Gasteiger partial charge in [-0.15, -0.1) is 0 Å². The lowest BCUT2D eigenvalue weighted by molar-refractivity contribution is -0.157. The van der Waals surface area contributed by atoms with Gasteiger partial charge in [-0.25, -0.2) is 0 Å². The predicted molar refractivity (Wildman–Crippen MR) is 328 cm³/mol. The van der Waals surface area contributed by atoms with E-state index >= 15 is 9.59 Å². The molecule has 0 saturated carbocycles. The number of hydrogen-bond donors (Lipinski definition) is 5. The summed E-state index contributed by atoms with van der Waals surface area (Å²) in [5.41, 5.74) is 0. The van der Waals surface area contributed by atoms with Gasteiger partial charge in [0.15, 0.2) is 0 Å². The summed E-state index contributed by atoms with van der Waals surface area (Å²) < 4.78 is 0. The zero-order chi connectivity index (χ0) is 66.0. The molecule has 5 N–H and O–H groups in total. The van der Waals surface area contributed by atoms with E-state index < -0.39 is 162 Å². The number of carbonyl (C=O) groups excluding carboxylic acids is 11. The molecule has 0 radical (unpaired) electrons. The van der Waals surface area contributed by atoms with Crippen LogP contribution in [0, 0.1) is 41.4 Å². The number of allylic oxidation sites excluding steroid dienone is 2. The molecule has 0 aromatic rings. The number of nitrogens with one attached hydrogen (secondary N) is 4. The minimum Gasteiger partial charge on any atom is -0.390 e. The van der Waals surface area contributed by atoms with Crippen LogP contribution in [0.4, 0.5) is 0 Å². The van der Waals surface area contributed by atoms with Gasteiger partial charge in [0.25, 0.3) is 0 Å². The van der Waals surface area contributed by atoms with E-state index in [1.165, 1.54) is 87.7 Å². The molecule has 0 aliphatic carbocycles. The van der Waals surface area contributed by atoms with Gasteiger partial charge in [-0.2, -0.15) is 0 Å². The molecule has 1 unspecified atom stereocenters. The van der Waals surface area contributed by atoms with Gasteiger partial charge in [0.05, 0.1) is 12.6 Å². The first kappa shape index (κ1) is 76.9. The third kappa shape index (κ3) is 21.1. The number of amides is 11. The third-order valence-electron chi connectivity index (χ3n) is 16.5. The normalized spacial score (nSPS) is 27.2. The van der Waals surface area contributed by atoms with Gasteiger partial charge in [-0.1, -0.05) is 116 Å². The minimum absolute atomic E-state index is 0.0224. The van der Waals surface area contributed by atoms with Crippen LogP contribution >= 0.6 is 0 Å². The van der Waals surface area contributed by atoms with Crippen LogP contribution in [-0.4, -0.2) is 227 Å². The lowest BCUT2D eigenvalue weighted by Crippen LogP contribution is -2.63. The average molecular weight is 1200 g/mol. The van der Waals surface area contributed by atoms with E-state index in [0.29, 0.717) is 12.8 Å². The molecule has 23 heteroatoms. The van der Waals surface area contributed by atoms with Gasteiger partial charge in [-0.05, 0) is 94.3 Å². The van der Waals surface area contributed by atoms with Crippen LogP contribution < -0.4 is 21.3 Å². The highest BCUT2D eigenvalue weighted by molar-refractivity contribution is 5.99. The van der Waals surface area contributed by atoms with Gasteiger partial charge >= 0.3 is 0 Å². The molecular weight excluding hydrogens is 1090 g/mol. The van der Waals surface area contributed by atoms with Crippen LogP contribution in [0.1, 0.15) is 156 Å². The topological polar surface area (TPSA) is 279 Å². The maximum Gasteiger partial charge on any atom is 0.246 e. The van der Waals surface area contributed by atoms with E-state index in [1.807, 2.05) is 54.5 Å². The summed E-state index contributed by atoms with van der Waals surface area (Å²) in [5, 5.41) is 23.1. The number of likely N-dealkylation sites (N-methyl/N-ethyl adjacent to an activating group) is 7. The molecular formula is C62H111N11O12. The van der Waals surface area contributed by atoms with E-state index in [-0.39, 0.29) is 43.4 Å². The molecule has 1 aliphatic heterocycles. The van der Waals surface area contributed by atoms with E-state index in [2.05, 4.69) is 21.3 Å². The van der Waals surface area contributed by atoms with Crippen LogP contribution in [0.5, 0.6) is 0 Å². The molecule has 486 valence electrons. The van der Waals surface area contributed by atoms with Crippen LogP contribution in [0.25, 0.3) is 0 Å². The maximum atomic E-state index is 15.1. The third-order valence-corrected chi connectivity index (χ3v) is 16.5. The second-order valence-corrected chi connectivity index (χ2v) is 25.8. The summed E-state index contributed by atoms with van der Waals surface area (Å²) >= 11 is 0. The number of nitrogens with zero attached hydrogens (tertiary/aromatic N) is 7. The Hall–Kier alpha value is -6.13. The fourth-order valence-corrected chi connectivity index (χ4v) is 10.8. The molecule has 1 fully saturated rings. The molecule has 85 heavy (non-hydrogen) atoms. The van der Waals surface area contributed by atoms with Crippen molar-refractivity contribution in [2.75, 3.05) is 55.9 Å². The standard InChI is InChI=1S/C62H111N11O12/c1-25-28-29-40(15)52(75)51-56(79)65-43(27-3)58(81)67(18)33-47(74)71(22)50(39(14)26-2)55(78)66-48(37(10)11)61(84)68(19)44(30-34(4)5)54(77)63-41(16)53(76)64-42(17)57(80)69(20)45(31-35(6)7)59(82)70(21)46(32-36(8)9)60(83)72(23)49(38(12)13)62(85)73(51)24/h25,28,34-46,48-52,75H,26-27,29-33H2,1-24H3,(H,63,77)(H,64,76)(H,65,79)(H,66,78)/b28-25+/t39?,40-,41+,42-,43+,44+,45+,46+,48+,49+,50+,51+,52-/m1/s1. The second kappa shape index (κ2) is 34.9. The molecule has 23 nitrogen and oxygen atoms in total. The molecule has 1 rings (SSSR count). The number of aliphatic hydroxyl groups excluding tert-OH is 1. The van der Waals surface area contributed by atoms with Crippen molar-refractivity contribution in [3.8, 4) is 0 Å². The smallest absolute Gasteiger partial charge is 0.246 e. The first-order chi connectivity index (χ1) is 39.3. The van der Waals surface area contributed by atoms with Crippen molar-refractivity contribution >= 4 is 65.0 Å². The Morgan fingerprint density at radius 2 is 0.929 bits per heavy atom. The molecule has 0 bridgehead atoms. The van der Waals surface area contributed by atoms with E-state index in [9.17, 15) is 48.3 Å². The predicted octanol–water partition coefficient (Wildman–Crippen LogP) is 3.27. The average Bonchev–Trinajstić information content (AvgIpc) is 3.49. The Kier molecular flexibility index (Phi) is 31.5. The molecule has 1 heterocycles. The fraction of sp³-hybridized carbons (Fsp3) is 0.790. The van der Waals surface area contributed by atoms with Gasteiger partial charge in [0.1, 0.15) is 60.4 Å². The number of hydrogen-bond acceptors (Lipinski definition) is 12. The highest BCUT2D eigenvalue weighted by Gasteiger charge is 2.46. The van der Waals surface area contributed by atoms with Crippen LogP contribution in [-0.2, 0) is 52.7 Å². The lowest BCUT2D eigenvalue weighted by Gasteiger charge is -2.41. The quantitative estimate of drug-likeness (QED) is 0.148. The molecule has 0 aromatic carbocycles. The number of carbonyl (C=O) groups is 11. The van der Waals surface area contributed by atoms with Gasteiger partial charge in [-0.3, -0.25) is 52.7 Å². The summed E-state index contributed by atoms with van der Waals surface area (Å²) in [7, 11) is 9.92. The molecule has 1 aliphatic rings. The van der Waals surface area contributed by atoms with Crippen molar-refractivity contribution in [1.29, 1.82) is 0 Å². The molecule has 0 spiro atoms. The Morgan fingerprint density at radius 1 is 0.482 bits per heavy atom. The van der Waals surface area contributed by atoms with Crippen molar-refractivity contribution in [1.82, 2.24) is 55.6 Å². The van der Waals surface area contributed by atoms with Crippen LogP contribution in [0.2, 0.25) is 0 Å². The van der Waals surface area contributed by atoms with Crippen molar-refractivity contribution in [3.63, 3.8) is 0 Å². The largest absolute Gasteiger partial charge is 0.390 e. The van der Waals surface area contributed by atoms with E-state index in [0.717, 1.165) is 9.80 Å². The first-order valence-electron chi connectivity index (χ1n) is 30.6. The Morgan fingerprint density at radius 3 is 1.39 bits per heavy atom. The van der Waals surface area contributed by atoms with Crippen molar-refractivity contribution in [3.05, 3.63) is 12.2 Å². The number of aliphatic hydroxyl groups is 1. The fourth-order valence-electron chi connectivity index (χ4n) is 10.8. The molecule has 11 amide bonds. The Bertz CT molecular complexity index is 2330. The maximum absolute atomic E-state index is 15.1. The van der Waals surface area contributed by atoms with Crippen LogP contribution in [0.15, 0.2) is 12.2 Å². The Labute approximate surface area is 508 Å². The molecule has 1 saturated heterocycles. The first-order valence-corrected chi connectivity index (χ1v) is 30.6. The molecule has 0 aromatic heterocycles. The molecule has 13 atom stereocenters. The van der Waals surface area contributed by atoms with E-state index in [1.54, 1.807) is 61.5 Å². The summed E-state index contributed by atoms with van der Waals surface area (Å²) in [6, 6.07) is -12.3. The van der Waals surface area contributed by atoms with Crippen molar-refractivity contribution < 1.29 is 57.8 Å². The monoisotopic (exact) mass is 1200 g/mol. The summed E-state index contributed by atoms with van der Waals surface area (Å²) in [6.07, 6.45) is 3.31. The van der Waals surface area contributed by atoms with Gasteiger partial charge in [0.2, 0.25) is 65.0 Å². The van der Waals surface area contributed by atoms with Crippen molar-refractivity contribution in [2.45, 2.75) is 223 Å². The van der Waals surface area contributed by atoms with Gasteiger partial charge in [0, 0.05) is 49.3 Å². The summed E-state index contributed by atoms with van der Waals surface area (Å²) in [6.45, 7) is 29.2. The summed E-state index contributed by atoms with van der Waals surface area (Å²) in [5.74, 6) is -10.0. The SMILES string of the molecule is C/C=C/C[C@@H](C)[C@@H](O)[C@H]1C(=O)N[C@@H](CC)C(=O)N(C)CC(=O)N(C)[C@@H](C(C)CC)C(=O)N[C@@H](C(C)C)C(=O)N(C)[C@@H](CC(C)C)C(=O)N[C@@H](C)C(=O)N[C@H](C)C(=O)N(C)[C@@H](CC(C)C)C(=O)N(C)[C@@H](CC(C)C)C(=O)N(C)[C@@H](C(C)C)C(=O)N1C. The highest BCUT2D eigenvalue weighted by Crippen LogP contribution is 2.26. The minimum atomic E-state index is -1.61. The summed E-state index contributed by atoms with van der Waals surface area (Å²) in [4.78, 5) is 169. The van der Waals surface area contributed by atoms with E-state index in [4.69, 9.17) is 0 Å². The zero-order valence-corrected chi connectivity index (χ0v) is 56.1. The lowest BCUT2D eigenvalue weighted by atomic mass is 9.91. The highest BCUT2D eigenvalue weighted by atomic mass is 16.3. The van der Waals surface area contributed by atoms with Crippen molar-refractivity contribution in [2.24, 2.45) is 41.4 Å². The Balaban J connectivity index is 4.33. The van der Waals surface area contributed by atoms with Crippen LogP contribution in [0.3, 0.4) is 0 Å².